The number of nitrogens with zero attached hydrogens (tertiary/aromatic N) is 1. The molecule has 0 aliphatic carbocycles. The fourth-order valence-corrected chi connectivity index (χ4v) is 3.88. The zero-order chi connectivity index (χ0) is 20.5. The summed E-state index contributed by atoms with van der Waals surface area (Å²) in [4.78, 5) is 4.13. The summed E-state index contributed by atoms with van der Waals surface area (Å²) in [6.07, 6.45) is 2.17. The lowest BCUT2D eigenvalue weighted by Crippen LogP contribution is -3.15. The van der Waals surface area contributed by atoms with Gasteiger partial charge in [-0.05, 0) is 60.6 Å². The van der Waals surface area contributed by atoms with Gasteiger partial charge < -0.3 is 25.2 Å². The molecule has 156 valence electrons. The van der Waals surface area contributed by atoms with Crippen molar-refractivity contribution in [1.82, 2.24) is 5.32 Å². The van der Waals surface area contributed by atoms with Crippen molar-refractivity contribution in [2.75, 3.05) is 56.6 Å². The van der Waals surface area contributed by atoms with Crippen molar-refractivity contribution < 1.29 is 9.64 Å². The van der Waals surface area contributed by atoms with Gasteiger partial charge in [-0.15, -0.1) is 0 Å². The van der Waals surface area contributed by atoms with Crippen LogP contribution in [0, 0.1) is 0 Å². The van der Waals surface area contributed by atoms with E-state index in [2.05, 4.69) is 58.9 Å². The molecule has 0 bridgehead atoms. The number of anilines is 2. The first-order valence-corrected chi connectivity index (χ1v) is 10.9. The van der Waals surface area contributed by atoms with E-state index in [0.29, 0.717) is 5.11 Å². The van der Waals surface area contributed by atoms with E-state index in [0.717, 1.165) is 43.9 Å². The first-order valence-electron chi connectivity index (χ1n) is 10.5. The summed E-state index contributed by atoms with van der Waals surface area (Å²) in [5.41, 5.74) is 3.67. The summed E-state index contributed by atoms with van der Waals surface area (Å²) in [7, 11) is 1.71. The Kier molecular flexibility index (Phi) is 8.14. The first-order chi connectivity index (χ1) is 14.2. The molecule has 0 spiro atoms. The molecule has 0 unspecified atom stereocenters. The average molecular weight is 414 g/mol. The van der Waals surface area contributed by atoms with Gasteiger partial charge in [0.2, 0.25) is 0 Å². The van der Waals surface area contributed by atoms with Crippen molar-refractivity contribution in [3.8, 4) is 5.75 Å². The zero-order valence-corrected chi connectivity index (χ0v) is 18.4. The number of thiocarbonyl (C=S) groups is 1. The molecule has 2 aromatic rings. The van der Waals surface area contributed by atoms with Crippen LogP contribution in [0.15, 0.2) is 48.5 Å². The topological polar surface area (TPSA) is 41.0 Å². The molecule has 3 N–H and O–H groups in total. The van der Waals surface area contributed by atoms with Crippen molar-refractivity contribution in [2.24, 2.45) is 0 Å². The van der Waals surface area contributed by atoms with E-state index in [4.69, 9.17) is 17.0 Å². The van der Waals surface area contributed by atoms with Crippen molar-refractivity contribution in [3.05, 3.63) is 54.1 Å². The van der Waals surface area contributed by atoms with Crippen LogP contribution in [-0.2, 0) is 6.42 Å². The second-order valence-electron chi connectivity index (χ2n) is 7.47. The minimum absolute atomic E-state index is 0.702. The van der Waals surface area contributed by atoms with Gasteiger partial charge in [-0.25, -0.2) is 0 Å². The molecule has 1 aliphatic heterocycles. The molecule has 29 heavy (non-hydrogen) atoms. The van der Waals surface area contributed by atoms with Crippen LogP contribution in [0.3, 0.4) is 0 Å². The van der Waals surface area contributed by atoms with Crippen LogP contribution in [0.5, 0.6) is 5.75 Å². The molecule has 0 atom stereocenters. The zero-order valence-electron chi connectivity index (χ0n) is 17.5. The van der Waals surface area contributed by atoms with E-state index in [1.165, 1.54) is 30.9 Å². The summed E-state index contributed by atoms with van der Waals surface area (Å²) in [5.74, 6) is 0.913. The number of rotatable bonds is 8. The van der Waals surface area contributed by atoms with Gasteiger partial charge in [0.1, 0.15) is 5.75 Å². The van der Waals surface area contributed by atoms with Crippen molar-refractivity contribution in [1.29, 1.82) is 0 Å². The largest absolute Gasteiger partial charge is 0.497 e. The Morgan fingerprint density at radius 3 is 2.38 bits per heavy atom. The van der Waals surface area contributed by atoms with Gasteiger partial charge in [-0.1, -0.05) is 19.1 Å². The molecule has 1 fully saturated rings. The predicted molar refractivity (Wildman–Crippen MR) is 125 cm³/mol. The lowest BCUT2D eigenvalue weighted by molar-refractivity contribution is -0.900. The van der Waals surface area contributed by atoms with E-state index >= 15 is 0 Å². The third-order valence-electron chi connectivity index (χ3n) is 5.52. The summed E-state index contributed by atoms with van der Waals surface area (Å²) < 4.78 is 5.25. The van der Waals surface area contributed by atoms with E-state index in [1.54, 1.807) is 12.0 Å². The van der Waals surface area contributed by atoms with Crippen LogP contribution in [0.4, 0.5) is 11.4 Å². The Labute approximate surface area is 180 Å². The van der Waals surface area contributed by atoms with Gasteiger partial charge in [0.25, 0.3) is 0 Å². The lowest BCUT2D eigenvalue weighted by atomic mass is 10.1. The molecule has 1 heterocycles. The van der Waals surface area contributed by atoms with Gasteiger partial charge in [0, 0.05) is 24.3 Å². The Morgan fingerprint density at radius 2 is 1.76 bits per heavy atom. The molecule has 0 amide bonds. The lowest BCUT2D eigenvalue weighted by Gasteiger charge is -2.33. The third-order valence-corrected chi connectivity index (χ3v) is 5.77. The fraction of sp³-hybridized carbons (Fsp3) is 0.435. The minimum atomic E-state index is 0.702. The highest BCUT2D eigenvalue weighted by atomic mass is 32.1. The van der Waals surface area contributed by atoms with E-state index in [9.17, 15) is 0 Å². The van der Waals surface area contributed by atoms with Gasteiger partial charge in [-0.2, -0.15) is 0 Å². The van der Waals surface area contributed by atoms with Crippen LogP contribution in [-0.4, -0.2) is 51.5 Å². The standard InChI is InChI=1S/C23H32N4OS/c1-3-19-5-7-20(8-6-19)25-23(29)24-13-4-14-26-15-17-27(18-16-26)21-9-11-22(28-2)12-10-21/h5-12H,3-4,13-18H2,1-2H3,(H2,24,25,29)/p+1. The Morgan fingerprint density at radius 1 is 1.07 bits per heavy atom. The molecule has 1 saturated heterocycles. The third kappa shape index (κ3) is 6.61. The molecule has 1 aliphatic rings. The quantitative estimate of drug-likeness (QED) is 0.458. The highest BCUT2D eigenvalue weighted by molar-refractivity contribution is 7.80. The number of piperazine rings is 1. The highest BCUT2D eigenvalue weighted by Crippen LogP contribution is 2.18. The molecule has 0 saturated carbocycles. The normalized spacial score (nSPS) is 14.5. The Balaban J connectivity index is 1.30. The molecular weight excluding hydrogens is 380 g/mol. The molecular formula is C23H33N4OS+. The SMILES string of the molecule is CCc1ccc(NC(=S)NCCC[NH+]2CCN(c3ccc(OC)cc3)CC2)cc1. The first kappa shape index (κ1) is 21.4. The maximum absolute atomic E-state index is 5.41. The number of methoxy groups -OCH3 is 1. The fourth-order valence-electron chi connectivity index (χ4n) is 3.66. The number of hydrogen-bond acceptors (Lipinski definition) is 3. The van der Waals surface area contributed by atoms with Gasteiger partial charge in [0.15, 0.2) is 5.11 Å². The van der Waals surface area contributed by atoms with Gasteiger partial charge >= 0.3 is 0 Å². The number of benzene rings is 2. The average Bonchev–Trinajstić information content (AvgIpc) is 2.78. The summed E-state index contributed by atoms with van der Waals surface area (Å²) in [6, 6.07) is 16.8. The molecule has 0 radical (unpaired) electrons. The number of hydrogen-bond donors (Lipinski definition) is 3. The maximum Gasteiger partial charge on any atom is 0.170 e. The summed E-state index contributed by atoms with van der Waals surface area (Å²) >= 11 is 5.41. The van der Waals surface area contributed by atoms with Crippen LogP contribution in [0.1, 0.15) is 18.9 Å². The second kappa shape index (κ2) is 11.0. The molecule has 3 rings (SSSR count). The number of quaternary nitrogens is 1. The Hall–Kier alpha value is -2.31. The van der Waals surface area contributed by atoms with E-state index in [-0.39, 0.29) is 0 Å². The molecule has 0 aromatic heterocycles. The maximum atomic E-state index is 5.41. The van der Waals surface area contributed by atoms with Gasteiger partial charge in [-0.3, -0.25) is 0 Å². The minimum Gasteiger partial charge on any atom is -0.497 e. The van der Waals surface area contributed by atoms with Crippen LogP contribution >= 0.6 is 12.2 Å². The molecule has 2 aromatic carbocycles. The van der Waals surface area contributed by atoms with Crippen molar-refractivity contribution in [2.45, 2.75) is 19.8 Å². The number of nitrogens with one attached hydrogen (secondary N) is 3. The smallest absolute Gasteiger partial charge is 0.170 e. The van der Waals surface area contributed by atoms with Crippen molar-refractivity contribution >= 4 is 28.7 Å². The summed E-state index contributed by atoms with van der Waals surface area (Å²) in [6.45, 7) is 8.81. The predicted octanol–water partition coefficient (Wildman–Crippen LogP) is 2.34. The van der Waals surface area contributed by atoms with E-state index in [1.807, 2.05) is 12.1 Å². The number of ether oxygens (including phenoxy) is 1. The molecule has 5 nitrogen and oxygen atoms in total. The van der Waals surface area contributed by atoms with Crippen LogP contribution < -0.4 is 25.2 Å². The van der Waals surface area contributed by atoms with Crippen molar-refractivity contribution in [3.63, 3.8) is 0 Å². The molecule has 6 heteroatoms. The van der Waals surface area contributed by atoms with Gasteiger partial charge in [0.05, 0.1) is 39.8 Å². The summed E-state index contributed by atoms with van der Waals surface area (Å²) in [5, 5.41) is 7.29. The monoisotopic (exact) mass is 413 g/mol. The van der Waals surface area contributed by atoms with E-state index < -0.39 is 0 Å². The second-order valence-corrected chi connectivity index (χ2v) is 7.88. The highest BCUT2D eigenvalue weighted by Gasteiger charge is 2.19. The Bertz CT molecular complexity index is 755. The number of aryl methyl sites for hydroxylation is 1. The van der Waals surface area contributed by atoms with Crippen LogP contribution in [0.2, 0.25) is 0 Å². The van der Waals surface area contributed by atoms with Crippen LogP contribution in [0.25, 0.3) is 0 Å².